The number of hydrogen-bond donors (Lipinski definition) is 0. The van der Waals surface area contributed by atoms with Gasteiger partial charge in [-0.1, -0.05) is 18.2 Å². The van der Waals surface area contributed by atoms with Crippen LogP contribution in [0.5, 0.6) is 0 Å². The molecule has 10 nitrogen and oxygen atoms in total. The molecule has 1 aliphatic heterocycles. The van der Waals surface area contributed by atoms with Crippen molar-refractivity contribution in [2.24, 2.45) is 4.99 Å². The van der Waals surface area contributed by atoms with E-state index in [1.807, 2.05) is 0 Å². The molecule has 0 spiro atoms. The second-order valence-corrected chi connectivity index (χ2v) is 6.15. The fourth-order valence-corrected chi connectivity index (χ4v) is 2.78. The first kappa shape index (κ1) is 18.7. The number of aliphatic imine (C=N–C) groups is 1. The summed E-state index contributed by atoms with van der Waals surface area (Å²) >= 11 is 0. The van der Waals surface area contributed by atoms with E-state index in [2.05, 4.69) is 4.99 Å². The number of non-ortho nitro benzene ring substituents is 2. The maximum absolute atomic E-state index is 12.1. The van der Waals surface area contributed by atoms with Crippen LogP contribution in [0, 0.1) is 20.2 Å². The van der Waals surface area contributed by atoms with Crippen LogP contribution in [0.3, 0.4) is 0 Å². The van der Waals surface area contributed by atoms with E-state index >= 15 is 0 Å². The van der Waals surface area contributed by atoms with Gasteiger partial charge in [-0.05, 0) is 18.2 Å². The average Bonchev–Trinajstić information content (AvgIpc) is 3.35. The second-order valence-electron chi connectivity index (χ2n) is 6.15. The molecule has 2 heterocycles. The minimum absolute atomic E-state index is 0.0450. The molecule has 0 aliphatic carbocycles. The molecule has 0 unspecified atom stereocenters. The Hall–Kier alpha value is -4.60. The van der Waals surface area contributed by atoms with E-state index in [-0.39, 0.29) is 34.3 Å². The molecule has 0 saturated heterocycles. The zero-order valence-corrected chi connectivity index (χ0v) is 15.1. The summed E-state index contributed by atoms with van der Waals surface area (Å²) in [5.41, 5.74) is 0.517. The van der Waals surface area contributed by atoms with Gasteiger partial charge in [0.25, 0.3) is 11.4 Å². The number of esters is 1. The Labute approximate surface area is 168 Å². The number of ether oxygens (including phenoxy) is 1. The minimum Gasteiger partial charge on any atom is -0.457 e. The number of cyclic esters (lactones) is 1. The Morgan fingerprint density at radius 1 is 0.867 bits per heavy atom. The van der Waals surface area contributed by atoms with Crippen LogP contribution in [-0.2, 0) is 9.53 Å². The van der Waals surface area contributed by atoms with Crippen LogP contribution in [0.4, 0.5) is 11.4 Å². The molecule has 0 bridgehead atoms. The van der Waals surface area contributed by atoms with Gasteiger partial charge in [-0.15, -0.1) is 0 Å². The first-order valence-electron chi connectivity index (χ1n) is 8.53. The zero-order chi connectivity index (χ0) is 21.3. The number of hydrogen-bond acceptors (Lipinski definition) is 8. The molecule has 148 valence electrons. The van der Waals surface area contributed by atoms with Gasteiger partial charge in [0.1, 0.15) is 11.5 Å². The summed E-state index contributed by atoms with van der Waals surface area (Å²) in [4.78, 5) is 37.0. The average molecular weight is 405 g/mol. The summed E-state index contributed by atoms with van der Waals surface area (Å²) in [7, 11) is 0. The highest BCUT2D eigenvalue weighted by Gasteiger charge is 2.25. The van der Waals surface area contributed by atoms with Crippen molar-refractivity contribution in [2.45, 2.75) is 0 Å². The number of furan rings is 1. The van der Waals surface area contributed by atoms with Crippen molar-refractivity contribution < 1.29 is 23.8 Å². The highest BCUT2D eigenvalue weighted by atomic mass is 16.6. The van der Waals surface area contributed by atoms with E-state index in [0.717, 1.165) is 0 Å². The van der Waals surface area contributed by atoms with Crippen LogP contribution in [0.2, 0.25) is 0 Å². The molecule has 0 radical (unpaired) electrons. The first-order valence-corrected chi connectivity index (χ1v) is 8.53. The van der Waals surface area contributed by atoms with E-state index in [4.69, 9.17) is 9.15 Å². The molecule has 10 heteroatoms. The molecule has 1 aliphatic rings. The summed E-state index contributed by atoms with van der Waals surface area (Å²) in [6.07, 6.45) is 1.35. The molecular weight excluding hydrogens is 394 g/mol. The number of carbonyl (C=O) groups excluding carboxylic acids is 1. The third-order valence-electron chi connectivity index (χ3n) is 4.17. The van der Waals surface area contributed by atoms with Gasteiger partial charge < -0.3 is 9.15 Å². The molecule has 30 heavy (non-hydrogen) atoms. The molecule has 2 aromatic carbocycles. The van der Waals surface area contributed by atoms with Gasteiger partial charge in [-0.2, -0.15) is 0 Å². The SMILES string of the molecule is O=C1OC(c2cccc([N+](=O)[O-])c2)=NC1=Cc1ccc(-c2cccc([N+](=O)[O-])c2)o1. The molecule has 1 aromatic heterocycles. The van der Waals surface area contributed by atoms with Gasteiger partial charge in [-0.25, -0.2) is 9.79 Å². The lowest BCUT2D eigenvalue weighted by Gasteiger charge is -1.98. The summed E-state index contributed by atoms with van der Waals surface area (Å²) < 4.78 is 10.7. The lowest BCUT2D eigenvalue weighted by Crippen LogP contribution is -2.05. The van der Waals surface area contributed by atoms with Crippen LogP contribution in [-0.4, -0.2) is 21.7 Å². The number of nitro benzene ring substituents is 2. The van der Waals surface area contributed by atoms with Gasteiger partial charge in [0.2, 0.25) is 5.90 Å². The number of nitro groups is 2. The molecule has 3 aromatic rings. The fourth-order valence-electron chi connectivity index (χ4n) is 2.78. The number of nitrogens with zero attached hydrogens (tertiary/aromatic N) is 3. The number of rotatable bonds is 5. The Balaban J connectivity index is 1.62. The Kier molecular flexibility index (Phi) is 4.64. The Bertz CT molecular complexity index is 1260. The first-order chi connectivity index (χ1) is 14.4. The molecular formula is C20H11N3O7. The van der Waals surface area contributed by atoms with Gasteiger partial charge >= 0.3 is 5.97 Å². The standard InChI is InChI=1S/C20H11N3O7/c24-20-17(21-19(30-20)13-4-2-6-15(10-13)23(27)28)11-16-7-8-18(29-16)12-3-1-5-14(9-12)22(25)26/h1-11H. The van der Waals surface area contributed by atoms with Crippen molar-refractivity contribution in [3.05, 3.63) is 97.9 Å². The Morgan fingerprint density at radius 2 is 1.50 bits per heavy atom. The van der Waals surface area contributed by atoms with E-state index in [0.29, 0.717) is 11.3 Å². The number of carbonyl (C=O) groups is 1. The van der Waals surface area contributed by atoms with Gasteiger partial charge in [0.15, 0.2) is 5.70 Å². The Morgan fingerprint density at radius 3 is 2.17 bits per heavy atom. The van der Waals surface area contributed by atoms with Crippen molar-refractivity contribution in [2.75, 3.05) is 0 Å². The van der Waals surface area contributed by atoms with Crippen LogP contribution >= 0.6 is 0 Å². The highest BCUT2D eigenvalue weighted by Crippen LogP contribution is 2.28. The van der Waals surface area contributed by atoms with Gasteiger partial charge in [-0.3, -0.25) is 20.2 Å². The zero-order valence-electron chi connectivity index (χ0n) is 15.1. The van der Waals surface area contributed by atoms with E-state index in [1.54, 1.807) is 18.2 Å². The molecule has 0 saturated carbocycles. The summed E-state index contributed by atoms with van der Waals surface area (Å²) in [6.45, 7) is 0. The molecule has 0 fully saturated rings. The molecule has 4 rings (SSSR count). The summed E-state index contributed by atoms with van der Waals surface area (Å²) in [5.74, 6) is -0.127. The molecule has 0 atom stereocenters. The maximum atomic E-state index is 12.1. The smallest absolute Gasteiger partial charge is 0.363 e. The van der Waals surface area contributed by atoms with E-state index in [9.17, 15) is 25.0 Å². The lowest BCUT2D eigenvalue weighted by atomic mass is 10.1. The minimum atomic E-state index is -0.732. The lowest BCUT2D eigenvalue weighted by molar-refractivity contribution is -0.385. The number of benzene rings is 2. The predicted octanol–water partition coefficient (Wildman–Crippen LogP) is 4.11. The molecule has 0 amide bonds. The normalized spacial score (nSPS) is 14.5. The third-order valence-corrected chi connectivity index (χ3v) is 4.17. The van der Waals surface area contributed by atoms with Crippen molar-refractivity contribution >= 4 is 29.3 Å². The monoisotopic (exact) mass is 405 g/mol. The van der Waals surface area contributed by atoms with Crippen molar-refractivity contribution in [3.63, 3.8) is 0 Å². The second kappa shape index (κ2) is 7.43. The van der Waals surface area contributed by atoms with Gasteiger partial charge in [0, 0.05) is 41.5 Å². The predicted molar refractivity (Wildman–Crippen MR) is 105 cm³/mol. The van der Waals surface area contributed by atoms with E-state index < -0.39 is 15.8 Å². The van der Waals surface area contributed by atoms with Crippen LogP contribution in [0.15, 0.2) is 75.8 Å². The fraction of sp³-hybridized carbons (Fsp3) is 0. The van der Waals surface area contributed by atoms with Crippen LogP contribution < -0.4 is 0 Å². The largest absolute Gasteiger partial charge is 0.457 e. The molecule has 0 N–H and O–H groups in total. The summed E-state index contributed by atoms with van der Waals surface area (Å²) in [5, 5.41) is 21.8. The highest BCUT2D eigenvalue weighted by molar-refractivity contribution is 6.12. The van der Waals surface area contributed by atoms with Crippen molar-refractivity contribution in [3.8, 4) is 11.3 Å². The van der Waals surface area contributed by atoms with E-state index in [1.165, 1.54) is 48.5 Å². The quantitative estimate of drug-likeness (QED) is 0.269. The van der Waals surface area contributed by atoms with Gasteiger partial charge in [0.05, 0.1) is 9.85 Å². The van der Waals surface area contributed by atoms with Crippen molar-refractivity contribution in [1.29, 1.82) is 0 Å². The third kappa shape index (κ3) is 3.69. The topological polar surface area (TPSA) is 138 Å². The van der Waals surface area contributed by atoms with Crippen LogP contribution in [0.1, 0.15) is 11.3 Å². The summed E-state index contributed by atoms with van der Waals surface area (Å²) in [6, 6.07) is 14.7. The van der Waals surface area contributed by atoms with Crippen LogP contribution in [0.25, 0.3) is 17.4 Å². The van der Waals surface area contributed by atoms with Crippen molar-refractivity contribution in [1.82, 2.24) is 0 Å². The maximum Gasteiger partial charge on any atom is 0.363 e.